The zero-order valence-electron chi connectivity index (χ0n) is 9.32. The van der Waals surface area contributed by atoms with E-state index in [2.05, 4.69) is 5.43 Å². The Balaban J connectivity index is 2.52. The van der Waals surface area contributed by atoms with E-state index < -0.39 is 22.7 Å². The molecule has 1 aliphatic rings. The summed E-state index contributed by atoms with van der Waals surface area (Å²) in [5, 5.41) is 1.55. The Morgan fingerprint density at radius 2 is 2.19 bits per heavy atom. The molecule has 1 saturated carbocycles. The van der Waals surface area contributed by atoms with Crippen molar-refractivity contribution in [3.63, 3.8) is 0 Å². The molecule has 1 unspecified atom stereocenters. The van der Waals surface area contributed by atoms with Crippen LogP contribution in [0.1, 0.15) is 26.7 Å². The molecule has 0 bridgehead atoms. The largest absolute Gasteiger partial charge is 0.772 e. The fourth-order valence-electron chi connectivity index (χ4n) is 1.29. The predicted octanol–water partition coefficient (Wildman–Crippen LogP) is 0.346. The van der Waals surface area contributed by atoms with Crippen molar-refractivity contribution in [1.29, 1.82) is 0 Å². The summed E-state index contributed by atoms with van der Waals surface area (Å²) in [6.07, 6.45) is 2.04. The van der Waals surface area contributed by atoms with Crippen LogP contribution < -0.4 is 5.43 Å². The van der Waals surface area contributed by atoms with Crippen LogP contribution in [0.5, 0.6) is 0 Å². The van der Waals surface area contributed by atoms with E-state index in [4.69, 9.17) is 12.2 Å². The fraction of sp³-hybridized carbons (Fsp3) is 0.778. The van der Waals surface area contributed by atoms with E-state index >= 15 is 0 Å². The molecule has 0 spiro atoms. The number of hydrogen-bond acceptors (Lipinski definition) is 4. The van der Waals surface area contributed by atoms with Crippen LogP contribution in [0.4, 0.5) is 0 Å². The minimum atomic E-state index is -2.36. The van der Waals surface area contributed by atoms with Crippen LogP contribution in [0.2, 0.25) is 0 Å². The Morgan fingerprint density at radius 1 is 1.62 bits per heavy atom. The molecule has 16 heavy (non-hydrogen) atoms. The van der Waals surface area contributed by atoms with E-state index in [0.717, 1.165) is 12.8 Å². The van der Waals surface area contributed by atoms with E-state index in [9.17, 15) is 13.6 Å². The standard InChI is InChI=1S/C9H16N2O3S2/c1-3-11(8(15)9(2)4-5-9)10-7(12)6-16(13)14/h3-6H2,1-2H3,(H,10,12)(H,13,14)/p-1. The van der Waals surface area contributed by atoms with Crippen molar-refractivity contribution < 1.29 is 13.6 Å². The summed E-state index contributed by atoms with van der Waals surface area (Å²) in [6.45, 7) is 4.42. The first kappa shape index (κ1) is 13.5. The van der Waals surface area contributed by atoms with Gasteiger partial charge in [-0.25, -0.2) is 0 Å². The van der Waals surface area contributed by atoms with Gasteiger partial charge in [-0.1, -0.05) is 19.1 Å². The first-order valence-electron chi connectivity index (χ1n) is 5.06. The molecule has 0 heterocycles. The van der Waals surface area contributed by atoms with Gasteiger partial charge in [-0.15, -0.1) is 0 Å². The predicted molar refractivity (Wildman–Crippen MR) is 64.2 cm³/mol. The van der Waals surface area contributed by atoms with Gasteiger partial charge in [0.15, 0.2) is 0 Å². The Hall–Kier alpha value is -0.530. The monoisotopic (exact) mass is 263 g/mol. The number of carbonyl (C=O) groups is 1. The highest BCUT2D eigenvalue weighted by molar-refractivity contribution is 7.80. The second-order valence-corrected chi connectivity index (χ2v) is 5.38. The number of hydrogen-bond donors (Lipinski definition) is 1. The lowest BCUT2D eigenvalue weighted by Crippen LogP contribution is -2.49. The van der Waals surface area contributed by atoms with Crippen LogP contribution in [0.3, 0.4) is 0 Å². The molecule has 1 N–H and O–H groups in total. The van der Waals surface area contributed by atoms with Gasteiger partial charge in [0, 0.05) is 12.0 Å². The molecule has 1 rings (SSSR count). The quantitative estimate of drug-likeness (QED) is 0.450. The van der Waals surface area contributed by atoms with Crippen molar-refractivity contribution in [1.82, 2.24) is 10.4 Å². The van der Waals surface area contributed by atoms with Crippen LogP contribution >= 0.6 is 12.2 Å². The van der Waals surface area contributed by atoms with Crippen LogP contribution in [0, 0.1) is 5.41 Å². The average Bonchev–Trinajstić information content (AvgIpc) is 2.92. The normalized spacial score (nSPS) is 18.7. The lowest BCUT2D eigenvalue weighted by Gasteiger charge is -2.27. The Kier molecular flexibility index (Phi) is 4.40. The highest BCUT2D eigenvalue weighted by atomic mass is 32.2. The minimum absolute atomic E-state index is 0.00472. The van der Waals surface area contributed by atoms with Gasteiger partial charge in [0.1, 0.15) is 4.99 Å². The molecule has 1 aliphatic carbocycles. The molecule has 5 nitrogen and oxygen atoms in total. The number of nitrogens with zero attached hydrogens (tertiary/aromatic N) is 1. The summed E-state index contributed by atoms with van der Waals surface area (Å²) in [5.41, 5.74) is 2.50. The van der Waals surface area contributed by atoms with Gasteiger partial charge < -0.3 is 4.55 Å². The maximum atomic E-state index is 11.3. The topological polar surface area (TPSA) is 72.5 Å². The van der Waals surface area contributed by atoms with Gasteiger partial charge in [-0.3, -0.25) is 19.4 Å². The molecule has 92 valence electrons. The number of carbonyl (C=O) groups excluding carboxylic acids is 1. The first-order valence-corrected chi connectivity index (χ1v) is 6.71. The van der Waals surface area contributed by atoms with Crippen molar-refractivity contribution in [2.75, 3.05) is 12.3 Å². The number of nitrogens with one attached hydrogen (secondary N) is 1. The molecular weight excluding hydrogens is 248 g/mol. The molecule has 0 aromatic heterocycles. The van der Waals surface area contributed by atoms with Gasteiger partial charge >= 0.3 is 0 Å². The molecule has 0 radical (unpaired) electrons. The molecule has 0 aromatic rings. The Morgan fingerprint density at radius 3 is 2.56 bits per heavy atom. The average molecular weight is 263 g/mol. The smallest absolute Gasteiger partial charge is 0.249 e. The maximum absolute atomic E-state index is 11.3. The van der Waals surface area contributed by atoms with Crippen molar-refractivity contribution in [2.45, 2.75) is 26.7 Å². The van der Waals surface area contributed by atoms with Gasteiger partial charge in [-0.2, -0.15) is 0 Å². The van der Waals surface area contributed by atoms with Crippen LogP contribution in [0.15, 0.2) is 0 Å². The van der Waals surface area contributed by atoms with Gasteiger partial charge in [0.05, 0.1) is 5.75 Å². The number of thiocarbonyl (C=S) groups is 1. The first-order chi connectivity index (χ1) is 7.39. The third kappa shape index (κ3) is 3.50. The fourth-order valence-corrected chi connectivity index (χ4v) is 1.95. The zero-order chi connectivity index (χ0) is 12.3. The third-order valence-electron chi connectivity index (χ3n) is 2.59. The number of amides is 1. The van der Waals surface area contributed by atoms with E-state index in [0.29, 0.717) is 11.5 Å². The zero-order valence-corrected chi connectivity index (χ0v) is 10.9. The van der Waals surface area contributed by atoms with E-state index in [1.807, 2.05) is 13.8 Å². The van der Waals surface area contributed by atoms with Crippen molar-refractivity contribution >= 4 is 34.2 Å². The van der Waals surface area contributed by atoms with Crippen LogP contribution in [-0.4, -0.2) is 37.0 Å². The van der Waals surface area contributed by atoms with E-state index in [-0.39, 0.29) is 5.41 Å². The van der Waals surface area contributed by atoms with Crippen molar-refractivity contribution in [2.24, 2.45) is 5.41 Å². The van der Waals surface area contributed by atoms with Crippen LogP contribution in [0.25, 0.3) is 0 Å². The molecular formula is C9H15N2O3S2-. The molecule has 0 aliphatic heterocycles. The Bertz CT molecular complexity index is 329. The van der Waals surface area contributed by atoms with E-state index in [1.54, 1.807) is 5.01 Å². The molecule has 1 amide bonds. The molecule has 7 heteroatoms. The summed E-state index contributed by atoms with van der Waals surface area (Å²) >= 11 is 2.90. The van der Waals surface area contributed by atoms with Crippen molar-refractivity contribution in [3.05, 3.63) is 0 Å². The highest BCUT2D eigenvalue weighted by Gasteiger charge is 2.44. The van der Waals surface area contributed by atoms with Crippen molar-refractivity contribution in [3.8, 4) is 0 Å². The summed E-state index contributed by atoms with van der Waals surface area (Å²) in [6, 6.07) is 0. The van der Waals surface area contributed by atoms with Gasteiger partial charge in [0.25, 0.3) is 0 Å². The van der Waals surface area contributed by atoms with E-state index in [1.165, 1.54) is 0 Å². The highest BCUT2D eigenvalue weighted by Crippen LogP contribution is 2.46. The second-order valence-electron chi connectivity index (χ2n) is 4.09. The van der Waals surface area contributed by atoms with Crippen LogP contribution in [-0.2, 0) is 15.9 Å². The second kappa shape index (κ2) is 5.20. The number of hydrazine groups is 1. The lowest BCUT2D eigenvalue weighted by atomic mass is 10.1. The molecule has 1 atom stereocenters. The van der Waals surface area contributed by atoms with Gasteiger partial charge in [0.2, 0.25) is 5.91 Å². The third-order valence-corrected chi connectivity index (χ3v) is 3.80. The Labute approximate surface area is 103 Å². The summed E-state index contributed by atoms with van der Waals surface area (Å²) in [7, 11) is 0. The SMILES string of the molecule is CCN(NC(=O)CS(=O)[O-])C(=S)C1(C)CC1. The number of rotatable bonds is 4. The van der Waals surface area contributed by atoms with Gasteiger partial charge in [-0.05, 0) is 30.8 Å². The molecule has 0 saturated heterocycles. The lowest BCUT2D eigenvalue weighted by molar-refractivity contribution is -0.121. The summed E-state index contributed by atoms with van der Waals surface area (Å²) in [5.74, 6) is -1.09. The molecule has 0 aromatic carbocycles. The summed E-state index contributed by atoms with van der Waals surface area (Å²) in [4.78, 5) is 11.9. The minimum Gasteiger partial charge on any atom is -0.772 e. The summed E-state index contributed by atoms with van der Waals surface area (Å²) < 4.78 is 20.7. The maximum Gasteiger partial charge on any atom is 0.249 e. The molecule has 1 fully saturated rings.